The second-order valence-corrected chi connectivity index (χ2v) is 7.81. The van der Waals surface area contributed by atoms with E-state index < -0.39 is 5.41 Å². The highest BCUT2D eigenvalue weighted by Crippen LogP contribution is 2.39. The van der Waals surface area contributed by atoms with Crippen molar-refractivity contribution in [3.05, 3.63) is 42.0 Å². The quantitative estimate of drug-likeness (QED) is 0.772. The summed E-state index contributed by atoms with van der Waals surface area (Å²) in [5.41, 5.74) is 0.931. The Morgan fingerprint density at radius 2 is 1.97 bits per heavy atom. The first-order valence-electron chi connectivity index (χ1n) is 9.93. The molecular formula is C23H28N2O5. The standard InChI is InChI=1S/C23H28N2O5/c1-6-12-25-17-13-15(10-11-18(17)30-14-23(2,3)22(25)27)24-21(26)16-8-7-9-19(28-4)20(16)29-5/h7-11,13H,6,12,14H2,1-5H3,(H,24,26). The van der Waals surface area contributed by atoms with E-state index in [-0.39, 0.29) is 11.8 Å². The predicted octanol–water partition coefficient (Wildman–Crippen LogP) is 4.12. The number of benzene rings is 2. The van der Waals surface area contributed by atoms with Crippen LogP contribution in [0.15, 0.2) is 36.4 Å². The molecule has 1 aliphatic rings. The summed E-state index contributed by atoms with van der Waals surface area (Å²) < 4.78 is 16.5. The first-order chi connectivity index (χ1) is 14.3. The minimum Gasteiger partial charge on any atom is -0.493 e. The summed E-state index contributed by atoms with van der Waals surface area (Å²) in [7, 11) is 3.01. The number of methoxy groups -OCH3 is 2. The zero-order valence-electron chi connectivity index (χ0n) is 18.1. The molecule has 7 heteroatoms. The van der Waals surface area contributed by atoms with E-state index in [1.165, 1.54) is 14.2 Å². The normalized spacial score (nSPS) is 15.0. The molecule has 30 heavy (non-hydrogen) atoms. The summed E-state index contributed by atoms with van der Waals surface area (Å²) >= 11 is 0. The van der Waals surface area contributed by atoms with Gasteiger partial charge in [0.25, 0.3) is 5.91 Å². The number of hydrogen-bond acceptors (Lipinski definition) is 5. The third-order valence-corrected chi connectivity index (χ3v) is 5.02. The Balaban J connectivity index is 1.94. The van der Waals surface area contributed by atoms with E-state index in [9.17, 15) is 9.59 Å². The van der Waals surface area contributed by atoms with E-state index in [4.69, 9.17) is 14.2 Å². The van der Waals surface area contributed by atoms with Crippen molar-refractivity contribution in [2.24, 2.45) is 5.41 Å². The monoisotopic (exact) mass is 412 g/mol. The Kier molecular flexibility index (Phi) is 6.20. The first kappa shape index (κ1) is 21.5. The van der Waals surface area contributed by atoms with Gasteiger partial charge in [-0.1, -0.05) is 13.0 Å². The van der Waals surface area contributed by atoms with Crippen molar-refractivity contribution >= 4 is 23.2 Å². The summed E-state index contributed by atoms with van der Waals surface area (Å²) in [5, 5.41) is 2.88. The largest absolute Gasteiger partial charge is 0.493 e. The van der Waals surface area contributed by atoms with Crippen LogP contribution >= 0.6 is 0 Å². The zero-order valence-corrected chi connectivity index (χ0v) is 18.1. The van der Waals surface area contributed by atoms with Gasteiger partial charge in [0.1, 0.15) is 12.4 Å². The number of anilines is 2. The van der Waals surface area contributed by atoms with Crippen LogP contribution in [0.1, 0.15) is 37.6 Å². The summed E-state index contributed by atoms with van der Waals surface area (Å²) in [5.74, 6) is 1.12. The van der Waals surface area contributed by atoms with Crippen LogP contribution < -0.4 is 24.4 Å². The van der Waals surface area contributed by atoms with E-state index in [1.807, 2.05) is 20.8 Å². The van der Waals surface area contributed by atoms with Crippen LogP contribution in [0.5, 0.6) is 17.2 Å². The summed E-state index contributed by atoms with van der Waals surface area (Å²) in [4.78, 5) is 27.7. The van der Waals surface area contributed by atoms with Gasteiger partial charge >= 0.3 is 0 Å². The zero-order chi connectivity index (χ0) is 21.9. The number of hydrogen-bond donors (Lipinski definition) is 1. The lowest BCUT2D eigenvalue weighted by molar-refractivity contribution is -0.127. The highest BCUT2D eigenvalue weighted by Gasteiger charge is 2.37. The van der Waals surface area contributed by atoms with Crippen molar-refractivity contribution in [2.45, 2.75) is 27.2 Å². The highest BCUT2D eigenvalue weighted by molar-refractivity contribution is 6.07. The van der Waals surface area contributed by atoms with E-state index in [2.05, 4.69) is 5.32 Å². The Morgan fingerprint density at radius 3 is 2.63 bits per heavy atom. The lowest BCUT2D eigenvalue weighted by Gasteiger charge is -2.28. The fraction of sp³-hybridized carbons (Fsp3) is 0.391. The molecule has 0 atom stereocenters. The van der Waals surface area contributed by atoms with Crippen LogP contribution in [-0.2, 0) is 4.79 Å². The molecule has 0 fully saturated rings. The van der Waals surface area contributed by atoms with E-state index in [0.717, 1.165) is 6.42 Å². The average Bonchev–Trinajstić information content (AvgIpc) is 2.83. The van der Waals surface area contributed by atoms with Crippen LogP contribution in [0, 0.1) is 5.41 Å². The van der Waals surface area contributed by atoms with Crippen LogP contribution in [0.25, 0.3) is 0 Å². The summed E-state index contributed by atoms with van der Waals surface area (Å²) in [6.45, 7) is 6.64. The molecule has 1 N–H and O–H groups in total. The molecule has 2 aromatic carbocycles. The number of ether oxygens (including phenoxy) is 3. The molecule has 160 valence electrons. The Morgan fingerprint density at radius 1 is 1.20 bits per heavy atom. The molecule has 2 amide bonds. The Bertz CT molecular complexity index is 955. The lowest BCUT2D eigenvalue weighted by atomic mass is 9.93. The Labute approximate surface area is 176 Å². The van der Waals surface area contributed by atoms with Gasteiger partial charge in [0.2, 0.25) is 5.91 Å². The molecule has 0 spiro atoms. The van der Waals surface area contributed by atoms with Crippen molar-refractivity contribution in [1.29, 1.82) is 0 Å². The maximum Gasteiger partial charge on any atom is 0.259 e. The molecule has 3 rings (SSSR count). The number of fused-ring (bicyclic) bond motifs is 1. The van der Waals surface area contributed by atoms with Gasteiger partial charge in [-0.2, -0.15) is 0 Å². The van der Waals surface area contributed by atoms with Crippen molar-refractivity contribution in [3.8, 4) is 17.2 Å². The molecule has 0 aliphatic carbocycles. The van der Waals surface area contributed by atoms with Gasteiger partial charge in [0.15, 0.2) is 11.5 Å². The van der Waals surface area contributed by atoms with Crippen molar-refractivity contribution < 1.29 is 23.8 Å². The fourth-order valence-corrected chi connectivity index (χ4v) is 3.43. The molecule has 0 saturated carbocycles. The lowest BCUT2D eigenvalue weighted by Crippen LogP contribution is -2.42. The van der Waals surface area contributed by atoms with Gasteiger partial charge in [-0.15, -0.1) is 0 Å². The van der Waals surface area contributed by atoms with Crippen molar-refractivity contribution in [3.63, 3.8) is 0 Å². The SMILES string of the molecule is CCCN1C(=O)C(C)(C)COc2ccc(NC(=O)c3cccc(OC)c3OC)cc21. The Hall–Kier alpha value is -3.22. The predicted molar refractivity (Wildman–Crippen MR) is 116 cm³/mol. The van der Waals surface area contributed by atoms with Gasteiger partial charge in [-0.3, -0.25) is 9.59 Å². The maximum absolute atomic E-state index is 13.1. The van der Waals surface area contributed by atoms with Crippen LogP contribution in [0.3, 0.4) is 0 Å². The number of nitrogens with one attached hydrogen (secondary N) is 1. The molecule has 0 bridgehead atoms. The molecule has 0 unspecified atom stereocenters. The molecule has 0 saturated heterocycles. The smallest absolute Gasteiger partial charge is 0.259 e. The maximum atomic E-state index is 13.1. The van der Waals surface area contributed by atoms with E-state index in [1.54, 1.807) is 41.3 Å². The number of para-hydroxylation sites is 1. The highest BCUT2D eigenvalue weighted by atomic mass is 16.5. The third-order valence-electron chi connectivity index (χ3n) is 5.02. The van der Waals surface area contributed by atoms with Crippen molar-refractivity contribution in [2.75, 3.05) is 37.6 Å². The number of carbonyl (C=O) groups excluding carboxylic acids is 2. The fourth-order valence-electron chi connectivity index (χ4n) is 3.43. The molecule has 7 nitrogen and oxygen atoms in total. The number of nitrogens with zero attached hydrogens (tertiary/aromatic N) is 1. The molecule has 1 heterocycles. The van der Waals surface area contributed by atoms with Gasteiger partial charge < -0.3 is 24.4 Å². The average molecular weight is 412 g/mol. The number of rotatable bonds is 6. The van der Waals surface area contributed by atoms with Gasteiger partial charge in [-0.05, 0) is 50.6 Å². The minimum absolute atomic E-state index is 0.000964. The van der Waals surface area contributed by atoms with Crippen LogP contribution in [0.2, 0.25) is 0 Å². The first-order valence-corrected chi connectivity index (χ1v) is 9.93. The van der Waals surface area contributed by atoms with E-state index in [0.29, 0.717) is 47.3 Å². The van der Waals surface area contributed by atoms with Gasteiger partial charge in [0, 0.05) is 12.2 Å². The number of carbonyl (C=O) groups is 2. The molecule has 0 radical (unpaired) electrons. The van der Waals surface area contributed by atoms with E-state index >= 15 is 0 Å². The summed E-state index contributed by atoms with van der Waals surface area (Å²) in [6, 6.07) is 10.4. The third kappa shape index (κ3) is 4.06. The van der Waals surface area contributed by atoms with Crippen LogP contribution in [0.4, 0.5) is 11.4 Å². The second kappa shape index (κ2) is 8.65. The molecular weight excluding hydrogens is 384 g/mol. The minimum atomic E-state index is -0.633. The second-order valence-electron chi connectivity index (χ2n) is 7.81. The van der Waals surface area contributed by atoms with Crippen molar-refractivity contribution in [1.82, 2.24) is 0 Å². The molecule has 1 aliphatic heterocycles. The molecule has 0 aromatic heterocycles. The molecule has 2 aromatic rings. The van der Waals surface area contributed by atoms with Gasteiger partial charge in [-0.25, -0.2) is 0 Å². The van der Waals surface area contributed by atoms with Crippen LogP contribution in [-0.4, -0.2) is 39.2 Å². The summed E-state index contributed by atoms with van der Waals surface area (Å²) in [6.07, 6.45) is 0.804. The van der Waals surface area contributed by atoms with Gasteiger partial charge in [0.05, 0.1) is 30.9 Å². The topological polar surface area (TPSA) is 77.1 Å². The number of amides is 2.